The number of rotatable bonds is 4. The molecular formula is C22H20N2O4S. The number of methoxy groups -OCH3 is 2. The van der Waals surface area contributed by atoms with Gasteiger partial charge in [0.05, 0.1) is 36.6 Å². The maximum atomic E-state index is 13.2. The van der Waals surface area contributed by atoms with E-state index in [9.17, 15) is 15.2 Å². The van der Waals surface area contributed by atoms with E-state index in [0.717, 1.165) is 5.56 Å². The number of para-hydroxylation sites is 1. The summed E-state index contributed by atoms with van der Waals surface area (Å²) in [6, 6.07) is 16.7. The van der Waals surface area contributed by atoms with E-state index in [-0.39, 0.29) is 18.1 Å². The number of fused-ring (bicyclic) bond motifs is 1. The standard InChI is InChI=1S/C22H20N2O4S/c1-27-15-7-5-6-14(10-15)22(26)13-29-21-18(12-23)17(11-20(25)24(21)22)16-8-3-4-9-19(16)28-2/h3-10,17,26H,11,13H2,1-2H3/t17-,22+/m1/s1. The Morgan fingerprint density at radius 2 is 2.00 bits per heavy atom. The van der Waals surface area contributed by atoms with Crippen LogP contribution in [0.2, 0.25) is 0 Å². The molecule has 2 aliphatic heterocycles. The summed E-state index contributed by atoms with van der Waals surface area (Å²) >= 11 is 1.32. The molecule has 2 heterocycles. The van der Waals surface area contributed by atoms with E-state index >= 15 is 0 Å². The topological polar surface area (TPSA) is 82.8 Å². The molecule has 7 heteroatoms. The molecule has 0 aliphatic carbocycles. The molecule has 4 rings (SSSR count). The number of benzene rings is 2. The Morgan fingerprint density at radius 3 is 2.72 bits per heavy atom. The van der Waals surface area contributed by atoms with Gasteiger partial charge in [0.25, 0.3) is 0 Å². The van der Waals surface area contributed by atoms with Crippen molar-refractivity contribution in [3.05, 3.63) is 70.3 Å². The smallest absolute Gasteiger partial charge is 0.231 e. The van der Waals surface area contributed by atoms with Gasteiger partial charge in [0.1, 0.15) is 11.5 Å². The van der Waals surface area contributed by atoms with Gasteiger partial charge in [-0.15, -0.1) is 11.8 Å². The summed E-state index contributed by atoms with van der Waals surface area (Å²) in [7, 11) is 3.12. The summed E-state index contributed by atoms with van der Waals surface area (Å²) in [4.78, 5) is 14.6. The molecule has 2 aromatic rings. The fraction of sp³-hybridized carbons (Fsp3) is 0.273. The van der Waals surface area contributed by atoms with Crippen molar-refractivity contribution in [1.29, 1.82) is 5.26 Å². The minimum absolute atomic E-state index is 0.0829. The van der Waals surface area contributed by atoms with Gasteiger partial charge in [0.15, 0.2) is 5.72 Å². The predicted octanol–water partition coefficient (Wildman–Crippen LogP) is 3.35. The second-order valence-corrected chi connectivity index (χ2v) is 7.86. The van der Waals surface area contributed by atoms with E-state index in [1.807, 2.05) is 24.3 Å². The predicted molar refractivity (Wildman–Crippen MR) is 109 cm³/mol. The third kappa shape index (κ3) is 3.05. The Balaban J connectivity index is 1.82. The van der Waals surface area contributed by atoms with Gasteiger partial charge in [0, 0.05) is 23.5 Å². The number of hydrogen-bond donors (Lipinski definition) is 1. The maximum Gasteiger partial charge on any atom is 0.231 e. The summed E-state index contributed by atoms with van der Waals surface area (Å²) in [6.45, 7) is 0. The fourth-order valence-corrected chi connectivity index (χ4v) is 5.29. The van der Waals surface area contributed by atoms with E-state index < -0.39 is 11.6 Å². The highest BCUT2D eigenvalue weighted by molar-refractivity contribution is 8.03. The summed E-state index contributed by atoms with van der Waals surface area (Å²) < 4.78 is 10.7. The molecule has 148 valence electrons. The summed E-state index contributed by atoms with van der Waals surface area (Å²) in [6.07, 6.45) is 0.0829. The van der Waals surface area contributed by atoms with Crippen LogP contribution < -0.4 is 9.47 Å². The molecule has 29 heavy (non-hydrogen) atoms. The molecule has 0 saturated carbocycles. The first-order chi connectivity index (χ1) is 14.0. The van der Waals surface area contributed by atoms with E-state index in [1.54, 1.807) is 38.5 Å². The van der Waals surface area contributed by atoms with E-state index in [4.69, 9.17) is 9.47 Å². The highest BCUT2D eigenvalue weighted by Gasteiger charge is 2.52. The van der Waals surface area contributed by atoms with Crippen molar-refractivity contribution >= 4 is 17.7 Å². The van der Waals surface area contributed by atoms with Crippen molar-refractivity contribution in [3.63, 3.8) is 0 Å². The number of nitrogens with zero attached hydrogens (tertiary/aromatic N) is 2. The first-order valence-electron chi connectivity index (χ1n) is 9.13. The fourth-order valence-electron chi connectivity index (χ4n) is 3.93. The molecule has 2 atom stereocenters. The van der Waals surface area contributed by atoms with Crippen LogP contribution in [0, 0.1) is 11.3 Å². The molecular weight excluding hydrogens is 388 g/mol. The minimum atomic E-state index is -1.53. The van der Waals surface area contributed by atoms with Crippen LogP contribution in [-0.4, -0.2) is 35.9 Å². The molecule has 1 amide bonds. The van der Waals surface area contributed by atoms with Crippen molar-refractivity contribution in [2.45, 2.75) is 18.1 Å². The van der Waals surface area contributed by atoms with Gasteiger partial charge < -0.3 is 14.6 Å². The first kappa shape index (κ1) is 19.4. The molecule has 0 aromatic heterocycles. The van der Waals surface area contributed by atoms with Gasteiger partial charge in [-0.2, -0.15) is 5.26 Å². The van der Waals surface area contributed by atoms with Crippen LogP contribution in [-0.2, 0) is 10.5 Å². The normalized spacial score (nSPS) is 23.6. The quantitative estimate of drug-likeness (QED) is 0.835. The first-order valence-corrected chi connectivity index (χ1v) is 10.1. The third-order valence-electron chi connectivity index (χ3n) is 5.36. The average Bonchev–Trinajstić information content (AvgIpc) is 3.13. The summed E-state index contributed by atoms with van der Waals surface area (Å²) in [5.74, 6) is 0.832. The number of nitriles is 1. The van der Waals surface area contributed by atoms with E-state index in [0.29, 0.717) is 27.7 Å². The van der Waals surface area contributed by atoms with Gasteiger partial charge in [-0.05, 0) is 18.2 Å². The van der Waals surface area contributed by atoms with Crippen LogP contribution in [0.4, 0.5) is 0 Å². The Bertz CT molecular complexity index is 1050. The van der Waals surface area contributed by atoms with Crippen LogP contribution >= 0.6 is 11.8 Å². The van der Waals surface area contributed by atoms with Gasteiger partial charge in [-0.3, -0.25) is 9.69 Å². The Kier molecular flexibility index (Phi) is 4.99. The zero-order valence-corrected chi connectivity index (χ0v) is 16.9. The van der Waals surface area contributed by atoms with Crippen molar-refractivity contribution in [1.82, 2.24) is 4.90 Å². The Hall–Kier alpha value is -2.95. The Labute approximate surface area is 173 Å². The van der Waals surface area contributed by atoms with Crippen molar-refractivity contribution < 1.29 is 19.4 Å². The number of ether oxygens (including phenoxy) is 2. The Morgan fingerprint density at radius 1 is 1.21 bits per heavy atom. The second kappa shape index (κ2) is 7.47. The molecule has 6 nitrogen and oxygen atoms in total. The molecule has 0 bridgehead atoms. The van der Waals surface area contributed by atoms with Crippen LogP contribution in [0.1, 0.15) is 23.5 Å². The summed E-state index contributed by atoms with van der Waals surface area (Å²) in [5, 5.41) is 21.9. The molecule has 0 spiro atoms. The highest BCUT2D eigenvalue weighted by atomic mass is 32.2. The zero-order valence-electron chi connectivity index (χ0n) is 16.1. The van der Waals surface area contributed by atoms with Crippen molar-refractivity contribution in [2.24, 2.45) is 0 Å². The highest BCUT2D eigenvalue weighted by Crippen LogP contribution is 2.52. The molecule has 2 aromatic carbocycles. The molecule has 1 fully saturated rings. The third-order valence-corrected chi connectivity index (χ3v) is 6.58. The number of amides is 1. The molecule has 1 N–H and O–H groups in total. The number of carbonyl (C=O) groups is 1. The van der Waals surface area contributed by atoms with Crippen LogP contribution in [0.5, 0.6) is 11.5 Å². The SMILES string of the molecule is COc1cccc([C@@]2(O)CSC3=C(C#N)[C@@H](c4ccccc4OC)CC(=O)N32)c1. The zero-order chi connectivity index (χ0) is 20.6. The molecule has 2 aliphatic rings. The lowest BCUT2D eigenvalue weighted by molar-refractivity contribution is -0.149. The van der Waals surface area contributed by atoms with Gasteiger partial charge in [-0.1, -0.05) is 30.3 Å². The lowest BCUT2D eigenvalue weighted by atomic mass is 9.85. The van der Waals surface area contributed by atoms with E-state index in [2.05, 4.69) is 6.07 Å². The number of thioether (sulfide) groups is 1. The van der Waals surface area contributed by atoms with Crippen LogP contribution in [0.3, 0.4) is 0 Å². The number of aliphatic hydroxyl groups is 1. The largest absolute Gasteiger partial charge is 0.497 e. The average molecular weight is 408 g/mol. The lowest BCUT2D eigenvalue weighted by Gasteiger charge is -2.38. The van der Waals surface area contributed by atoms with Gasteiger partial charge in [0.2, 0.25) is 5.91 Å². The molecule has 0 unspecified atom stereocenters. The van der Waals surface area contributed by atoms with Crippen LogP contribution in [0.15, 0.2) is 59.1 Å². The van der Waals surface area contributed by atoms with E-state index in [1.165, 1.54) is 16.7 Å². The minimum Gasteiger partial charge on any atom is -0.497 e. The molecule has 1 saturated heterocycles. The number of hydrogen-bond acceptors (Lipinski definition) is 6. The number of carbonyl (C=O) groups excluding carboxylic acids is 1. The maximum absolute atomic E-state index is 13.2. The molecule has 0 radical (unpaired) electrons. The van der Waals surface area contributed by atoms with Gasteiger partial charge >= 0.3 is 0 Å². The second-order valence-electron chi connectivity index (χ2n) is 6.90. The summed E-state index contributed by atoms with van der Waals surface area (Å²) in [5.41, 5.74) is 0.294. The van der Waals surface area contributed by atoms with Crippen molar-refractivity contribution in [2.75, 3.05) is 20.0 Å². The van der Waals surface area contributed by atoms with Crippen molar-refractivity contribution in [3.8, 4) is 17.6 Å². The van der Waals surface area contributed by atoms with Crippen LogP contribution in [0.25, 0.3) is 0 Å². The number of allylic oxidation sites excluding steroid dienone is 1. The lowest BCUT2D eigenvalue weighted by Crippen LogP contribution is -2.48. The van der Waals surface area contributed by atoms with Gasteiger partial charge in [-0.25, -0.2) is 0 Å². The monoisotopic (exact) mass is 408 g/mol.